The van der Waals surface area contributed by atoms with Gasteiger partial charge < -0.3 is 9.52 Å². The van der Waals surface area contributed by atoms with Gasteiger partial charge in [0.2, 0.25) is 0 Å². The number of phenols is 1. The van der Waals surface area contributed by atoms with Crippen molar-refractivity contribution in [3.05, 3.63) is 105 Å². The second-order valence-corrected chi connectivity index (χ2v) is 8.03. The number of halogens is 1. The number of para-hydroxylation sites is 1. The van der Waals surface area contributed by atoms with Crippen LogP contribution in [0.3, 0.4) is 0 Å². The van der Waals surface area contributed by atoms with Gasteiger partial charge in [0, 0.05) is 23.3 Å². The Labute approximate surface area is 184 Å². The number of benzene rings is 3. The van der Waals surface area contributed by atoms with Crippen LogP contribution in [0.1, 0.15) is 5.56 Å². The highest BCUT2D eigenvalue weighted by Crippen LogP contribution is 2.29. The first-order valence-corrected chi connectivity index (χ1v) is 10.6. The summed E-state index contributed by atoms with van der Waals surface area (Å²) in [7, 11) is 0. The monoisotopic (exact) mass is 446 g/mol. The van der Waals surface area contributed by atoms with E-state index in [9.17, 15) is 19.1 Å². The third-order valence-corrected chi connectivity index (χ3v) is 5.99. The van der Waals surface area contributed by atoms with E-state index in [-0.39, 0.29) is 16.9 Å². The molecule has 2 heterocycles. The average molecular weight is 446 g/mol. The minimum Gasteiger partial charge on any atom is -0.508 e. The van der Waals surface area contributed by atoms with Gasteiger partial charge in [-0.1, -0.05) is 23.9 Å². The molecular formula is C24H15FN2O4S. The van der Waals surface area contributed by atoms with Crippen molar-refractivity contribution < 1.29 is 13.9 Å². The molecular weight excluding hydrogens is 431 g/mol. The molecule has 158 valence electrons. The summed E-state index contributed by atoms with van der Waals surface area (Å²) in [6.45, 7) is 0. The predicted octanol–water partition coefficient (Wildman–Crippen LogP) is 4.63. The molecule has 0 aliphatic heterocycles. The minimum atomic E-state index is -0.541. The van der Waals surface area contributed by atoms with Crippen molar-refractivity contribution in [2.24, 2.45) is 0 Å². The lowest BCUT2D eigenvalue weighted by Gasteiger charge is -2.13. The normalized spacial score (nSPS) is 11.3. The quantitative estimate of drug-likeness (QED) is 0.246. The van der Waals surface area contributed by atoms with Gasteiger partial charge in [-0.3, -0.25) is 9.36 Å². The second kappa shape index (κ2) is 7.97. The fourth-order valence-corrected chi connectivity index (χ4v) is 4.51. The number of phenolic OH excluding ortho intramolecular Hbond substituents is 1. The van der Waals surface area contributed by atoms with Gasteiger partial charge in [0.05, 0.1) is 16.6 Å². The maximum Gasteiger partial charge on any atom is 0.336 e. The summed E-state index contributed by atoms with van der Waals surface area (Å²) >= 11 is 1.27. The number of rotatable bonds is 4. The molecule has 0 fully saturated rings. The zero-order valence-electron chi connectivity index (χ0n) is 16.5. The van der Waals surface area contributed by atoms with Crippen LogP contribution in [0.2, 0.25) is 0 Å². The molecule has 0 saturated carbocycles. The van der Waals surface area contributed by atoms with Gasteiger partial charge >= 0.3 is 5.63 Å². The first-order valence-electron chi connectivity index (χ1n) is 9.66. The highest BCUT2D eigenvalue weighted by molar-refractivity contribution is 7.98. The van der Waals surface area contributed by atoms with Gasteiger partial charge in [0.15, 0.2) is 5.16 Å². The number of hydrogen-bond donors (Lipinski definition) is 1. The van der Waals surface area contributed by atoms with Crippen molar-refractivity contribution in [2.75, 3.05) is 0 Å². The van der Waals surface area contributed by atoms with E-state index in [1.54, 1.807) is 30.3 Å². The molecule has 0 aliphatic rings. The summed E-state index contributed by atoms with van der Waals surface area (Å²) in [4.78, 5) is 29.9. The fourth-order valence-electron chi connectivity index (χ4n) is 3.51. The molecule has 0 amide bonds. The van der Waals surface area contributed by atoms with Crippen molar-refractivity contribution in [3.8, 4) is 11.4 Å². The Morgan fingerprint density at radius 1 is 0.969 bits per heavy atom. The molecule has 3 aromatic carbocycles. The smallest absolute Gasteiger partial charge is 0.336 e. The molecule has 8 heteroatoms. The molecule has 5 rings (SSSR count). The van der Waals surface area contributed by atoms with Crippen molar-refractivity contribution in [1.29, 1.82) is 0 Å². The Balaban J connectivity index is 1.64. The topological polar surface area (TPSA) is 85.3 Å². The lowest BCUT2D eigenvalue weighted by atomic mass is 10.1. The standard InChI is InChI=1S/C24H15FN2O4S/c25-15-5-7-16(8-6-15)27-23(30)19-3-1-2-4-20(19)26-24(27)32-13-14-11-22(29)31-21-12-17(28)9-10-18(14)21/h1-12,28H,13H2. The molecule has 5 aromatic rings. The molecule has 32 heavy (non-hydrogen) atoms. The predicted molar refractivity (Wildman–Crippen MR) is 121 cm³/mol. The third-order valence-electron chi connectivity index (χ3n) is 5.00. The number of aromatic hydroxyl groups is 1. The van der Waals surface area contributed by atoms with Crippen molar-refractivity contribution in [3.63, 3.8) is 0 Å². The maximum absolute atomic E-state index is 13.5. The van der Waals surface area contributed by atoms with Crippen LogP contribution >= 0.6 is 11.8 Å². The molecule has 2 aromatic heterocycles. The molecule has 0 unspecified atom stereocenters. The summed E-state index contributed by atoms with van der Waals surface area (Å²) in [5.74, 6) is -0.0963. The summed E-state index contributed by atoms with van der Waals surface area (Å²) in [5.41, 5.74) is 1.16. The number of fused-ring (bicyclic) bond motifs is 2. The molecule has 6 nitrogen and oxygen atoms in total. The van der Waals surface area contributed by atoms with Crippen molar-refractivity contribution >= 4 is 33.6 Å². The largest absolute Gasteiger partial charge is 0.508 e. The Hall–Kier alpha value is -3.91. The average Bonchev–Trinajstić information content (AvgIpc) is 2.78. The Morgan fingerprint density at radius 3 is 2.56 bits per heavy atom. The molecule has 0 bridgehead atoms. The zero-order chi connectivity index (χ0) is 22.2. The van der Waals surface area contributed by atoms with Gasteiger partial charge in [-0.25, -0.2) is 14.2 Å². The summed E-state index contributed by atoms with van der Waals surface area (Å²) in [6, 6.07) is 18.6. The van der Waals surface area contributed by atoms with Crippen LogP contribution in [0.4, 0.5) is 4.39 Å². The Morgan fingerprint density at radius 2 is 1.75 bits per heavy atom. The van der Waals surface area contributed by atoms with Crippen molar-refractivity contribution in [2.45, 2.75) is 10.9 Å². The maximum atomic E-state index is 13.5. The van der Waals surface area contributed by atoms with Gasteiger partial charge in [-0.05, 0) is 54.1 Å². The molecule has 1 N–H and O–H groups in total. The van der Waals surface area contributed by atoms with E-state index < -0.39 is 11.4 Å². The summed E-state index contributed by atoms with van der Waals surface area (Å²) < 4.78 is 20.1. The SMILES string of the molecule is O=c1cc(CSc2nc3ccccc3c(=O)n2-c2ccc(F)cc2)c2ccc(O)cc2o1. The van der Waals surface area contributed by atoms with E-state index in [4.69, 9.17) is 4.42 Å². The summed E-state index contributed by atoms with van der Waals surface area (Å²) in [6.07, 6.45) is 0. The van der Waals surface area contributed by atoms with Crippen LogP contribution in [0.15, 0.2) is 92.0 Å². The third kappa shape index (κ3) is 3.65. The van der Waals surface area contributed by atoms with E-state index in [1.165, 1.54) is 58.8 Å². The minimum absolute atomic E-state index is 0.00760. The second-order valence-electron chi connectivity index (χ2n) is 7.09. The number of hydrogen-bond acceptors (Lipinski definition) is 6. The number of nitrogens with zero attached hydrogens (tertiary/aromatic N) is 2. The van der Waals surface area contributed by atoms with E-state index in [0.29, 0.717) is 38.4 Å². The molecule has 0 spiro atoms. The fraction of sp³-hybridized carbons (Fsp3) is 0.0417. The van der Waals surface area contributed by atoms with Gasteiger partial charge in [0.25, 0.3) is 5.56 Å². The molecule has 0 radical (unpaired) electrons. The van der Waals surface area contributed by atoms with Gasteiger partial charge in [-0.2, -0.15) is 0 Å². The van der Waals surface area contributed by atoms with Crippen LogP contribution in [-0.2, 0) is 5.75 Å². The van der Waals surface area contributed by atoms with Crippen LogP contribution in [0.5, 0.6) is 5.75 Å². The van der Waals surface area contributed by atoms with Crippen LogP contribution in [-0.4, -0.2) is 14.7 Å². The van der Waals surface area contributed by atoms with Gasteiger partial charge in [0.1, 0.15) is 17.1 Å². The van der Waals surface area contributed by atoms with Crippen LogP contribution in [0, 0.1) is 5.82 Å². The highest BCUT2D eigenvalue weighted by Gasteiger charge is 2.15. The number of aromatic nitrogens is 2. The van der Waals surface area contributed by atoms with E-state index >= 15 is 0 Å². The molecule has 0 saturated heterocycles. The highest BCUT2D eigenvalue weighted by atomic mass is 32.2. The zero-order valence-corrected chi connectivity index (χ0v) is 17.3. The first-order chi connectivity index (χ1) is 15.5. The van der Waals surface area contributed by atoms with Gasteiger partial charge in [-0.15, -0.1) is 0 Å². The van der Waals surface area contributed by atoms with E-state index in [1.807, 2.05) is 0 Å². The molecule has 0 aliphatic carbocycles. The first kappa shape index (κ1) is 20.0. The Bertz CT molecular complexity index is 1590. The lowest BCUT2D eigenvalue weighted by Crippen LogP contribution is -2.21. The molecule has 0 atom stereocenters. The Kier molecular flexibility index (Phi) is 4.99. The summed E-state index contributed by atoms with van der Waals surface area (Å²) in [5, 5.41) is 11.2. The van der Waals surface area contributed by atoms with Crippen LogP contribution < -0.4 is 11.2 Å². The van der Waals surface area contributed by atoms with E-state index in [0.717, 1.165) is 0 Å². The van der Waals surface area contributed by atoms with Crippen LogP contribution in [0.25, 0.3) is 27.6 Å². The lowest BCUT2D eigenvalue weighted by molar-refractivity contribution is 0.473. The van der Waals surface area contributed by atoms with Crippen molar-refractivity contribution in [1.82, 2.24) is 9.55 Å². The number of thioether (sulfide) groups is 1. The van der Waals surface area contributed by atoms with E-state index in [2.05, 4.69) is 4.98 Å².